The van der Waals surface area contributed by atoms with Gasteiger partial charge >= 0.3 is 0 Å². The number of carbonyl (C=O) groups excluding carboxylic acids is 2. The van der Waals surface area contributed by atoms with E-state index in [1.54, 1.807) is 24.3 Å². The molecule has 6 nitrogen and oxygen atoms in total. The van der Waals surface area contributed by atoms with Gasteiger partial charge in [-0.2, -0.15) is 0 Å². The summed E-state index contributed by atoms with van der Waals surface area (Å²) in [6.07, 6.45) is 0. The summed E-state index contributed by atoms with van der Waals surface area (Å²) in [5.74, 6) is -3.02. The SMILES string of the molecule is CC(=O)c1cccc(NC(=O)c2ccc(NS(=O)(=O)c3ccc(F)c(F)c3)cc2)c1. The molecule has 0 heterocycles. The summed E-state index contributed by atoms with van der Waals surface area (Å²) in [5, 5.41) is 2.65. The molecule has 30 heavy (non-hydrogen) atoms. The van der Waals surface area contributed by atoms with Crippen LogP contribution in [0.1, 0.15) is 27.6 Å². The van der Waals surface area contributed by atoms with Gasteiger partial charge in [-0.1, -0.05) is 12.1 Å². The number of hydrogen-bond donors (Lipinski definition) is 2. The molecule has 0 aliphatic heterocycles. The molecule has 0 atom stereocenters. The fourth-order valence-corrected chi connectivity index (χ4v) is 3.64. The number of benzene rings is 3. The van der Waals surface area contributed by atoms with Crippen molar-refractivity contribution in [1.29, 1.82) is 0 Å². The van der Waals surface area contributed by atoms with Gasteiger partial charge in [-0.3, -0.25) is 14.3 Å². The third-order valence-electron chi connectivity index (χ3n) is 4.13. The zero-order chi connectivity index (χ0) is 21.9. The second-order valence-corrected chi connectivity index (χ2v) is 8.03. The standard InChI is InChI=1S/C21H16F2N2O4S/c1-13(26)15-3-2-4-17(11-15)24-21(27)14-5-7-16(8-6-14)25-30(28,29)18-9-10-19(22)20(23)12-18/h2-12,25H,1H3,(H,24,27). The van der Waals surface area contributed by atoms with Crippen LogP contribution in [0.3, 0.4) is 0 Å². The number of hydrogen-bond acceptors (Lipinski definition) is 4. The van der Waals surface area contributed by atoms with Gasteiger partial charge in [0.2, 0.25) is 0 Å². The lowest BCUT2D eigenvalue weighted by Gasteiger charge is -2.10. The Morgan fingerprint density at radius 1 is 0.800 bits per heavy atom. The molecule has 3 rings (SSSR count). The van der Waals surface area contributed by atoms with Gasteiger partial charge in [0, 0.05) is 22.5 Å². The lowest BCUT2D eigenvalue weighted by molar-refractivity contribution is 0.101. The van der Waals surface area contributed by atoms with Crippen LogP contribution < -0.4 is 10.0 Å². The number of ketones is 1. The van der Waals surface area contributed by atoms with E-state index in [1.165, 1.54) is 31.2 Å². The third-order valence-corrected chi connectivity index (χ3v) is 5.51. The average Bonchev–Trinajstić information content (AvgIpc) is 2.70. The van der Waals surface area contributed by atoms with Crippen molar-refractivity contribution in [2.24, 2.45) is 0 Å². The van der Waals surface area contributed by atoms with Gasteiger partial charge in [0.1, 0.15) is 0 Å². The second kappa shape index (κ2) is 8.42. The zero-order valence-electron chi connectivity index (χ0n) is 15.6. The number of amides is 1. The fraction of sp³-hybridized carbons (Fsp3) is 0.0476. The first kappa shape index (κ1) is 21.1. The van der Waals surface area contributed by atoms with E-state index in [1.807, 2.05) is 0 Å². The summed E-state index contributed by atoms with van der Waals surface area (Å²) in [6, 6.07) is 14.2. The summed E-state index contributed by atoms with van der Waals surface area (Å²) in [5.41, 5.74) is 1.28. The minimum atomic E-state index is -4.14. The molecule has 0 unspecified atom stereocenters. The lowest BCUT2D eigenvalue weighted by Crippen LogP contribution is -2.14. The van der Waals surface area contributed by atoms with Crippen molar-refractivity contribution < 1.29 is 26.8 Å². The van der Waals surface area contributed by atoms with Crippen LogP contribution in [-0.4, -0.2) is 20.1 Å². The molecular weight excluding hydrogens is 414 g/mol. The van der Waals surface area contributed by atoms with Crippen molar-refractivity contribution in [3.05, 3.63) is 89.5 Å². The van der Waals surface area contributed by atoms with E-state index in [-0.39, 0.29) is 17.0 Å². The first-order chi connectivity index (χ1) is 14.2. The van der Waals surface area contributed by atoms with E-state index < -0.39 is 32.5 Å². The number of halogens is 2. The quantitative estimate of drug-likeness (QED) is 0.573. The maximum Gasteiger partial charge on any atom is 0.261 e. The van der Waals surface area contributed by atoms with Gasteiger partial charge in [-0.25, -0.2) is 17.2 Å². The van der Waals surface area contributed by atoms with Gasteiger partial charge in [-0.15, -0.1) is 0 Å². The first-order valence-corrected chi connectivity index (χ1v) is 10.1. The van der Waals surface area contributed by atoms with Crippen LogP contribution in [0.15, 0.2) is 71.6 Å². The van der Waals surface area contributed by atoms with Crippen molar-refractivity contribution in [3.63, 3.8) is 0 Å². The predicted octanol–water partition coefficient (Wildman–Crippen LogP) is 4.22. The topological polar surface area (TPSA) is 92.3 Å². The van der Waals surface area contributed by atoms with E-state index >= 15 is 0 Å². The molecule has 0 saturated carbocycles. The highest BCUT2D eigenvalue weighted by Crippen LogP contribution is 2.19. The lowest BCUT2D eigenvalue weighted by atomic mass is 10.1. The van der Waals surface area contributed by atoms with Crippen LogP contribution in [0.2, 0.25) is 0 Å². The molecule has 0 saturated heterocycles. The van der Waals surface area contributed by atoms with Crippen LogP contribution in [0.5, 0.6) is 0 Å². The average molecular weight is 430 g/mol. The Morgan fingerprint density at radius 2 is 1.50 bits per heavy atom. The number of nitrogens with one attached hydrogen (secondary N) is 2. The summed E-state index contributed by atoms with van der Waals surface area (Å²) in [7, 11) is -4.14. The van der Waals surface area contributed by atoms with Crippen LogP contribution >= 0.6 is 0 Å². The molecule has 0 spiro atoms. The van der Waals surface area contributed by atoms with Gasteiger partial charge in [-0.05, 0) is 61.5 Å². The largest absolute Gasteiger partial charge is 0.322 e. The van der Waals surface area contributed by atoms with E-state index in [4.69, 9.17) is 0 Å². The Hall–Kier alpha value is -3.59. The molecular formula is C21H16F2N2O4S. The number of carbonyl (C=O) groups is 2. The molecule has 1 amide bonds. The molecule has 3 aromatic carbocycles. The molecule has 0 bridgehead atoms. The van der Waals surface area contributed by atoms with E-state index in [0.29, 0.717) is 17.3 Å². The van der Waals surface area contributed by atoms with Crippen LogP contribution in [0, 0.1) is 11.6 Å². The normalized spacial score (nSPS) is 11.0. The summed E-state index contributed by atoms with van der Waals surface area (Å²) in [4.78, 5) is 23.4. The monoisotopic (exact) mass is 430 g/mol. The molecule has 154 valence electrons. The predicted molar refractivity (Wildman–Crippen MR) is 108 cm³/mol. The van der Waals surface area contributed by atoms with E-state index in [0.717, 1.165) is 12.1 Å². The van der Waals surface area contributed by atoms with E-state index in [2.05, 4.69) is 10.0 Å². The highest BCUT2D eigenvalue weighted by Gasteiger charge is 2.17. The molecule has 3 aromatic rings. The van der Waals surface area contributed by atoms with E-state index in [9.17, 15) is 26.8 Å². The molecule has 0 aliphatic carbocycles. The van der Waals surface area contributed by atoms with Crippen molar-refractivity contribution in [3.8, 4) is 0 Å². The van der Waals surface area contributed by atoms with Crippen LogP contribution in [0.4, 0.5) is 20.2 Å². The number of sulfonamides is 1. The Morgan fingerprint density at radius 3 is 2.13 bits per heavy atom. The number of anilines is 2. The molecule has 0 fully saturated rings. The number of rotatable bonds is 6. The third kappa shape index (κ3) is 4.87. The maximum atomic E-state index is 13.3. The second-order valence-electron chi connectivity index (χ2n) is 6.35. The van der Waals surface area contributed by atoms with Crippen molar-refractivity contribution >= 4 is 33.1 Å². The van der Waals surface area contributed by atoms with Gasteiger partial charge in [0.05, 0.1) is 4.90 Å². The summed E-state index contributed by atoms with van der Waals surface area (Å²) in [6.45, 7) is 1.42. The Labute approximate surface area is 171 Å². The molecule has 9 heteroatoms. The van der Waals surface area contributed by atoms with Gasteiger partial charge < -0.3 is 5.32 Å². The van der Waals surface area contributed by atoms with Crippen LogP contribution in [-0.2, 0) is 10.0 Å². The van der Waals surface area contributed by atoms with Crippen molar-refractivity contribution in [1.82, 2.24) is 0 Å². The summed E-state index contributed by atoms with van der Waals surface area (Å²) >= 11 is 0. The smallest absolute Gasteiger partial charge is 0.261 e. The summed E-state index contributed by atoms with van der Waals surface area (Å²) < 4.78 is 53.2. The minimum absolute atomic E-state index is 0.134. The van der Waals surface area contributed by atoms with Gasteiger partial charge in [0.25, 0.3) is 15.9 Å². The van der Waals surface area contributed by atoms with Crippen molar-refractivity contribution in [2.75, 3.05) is 10.0 Å². The molecule has 0 aliphatic rings. The zero-order valence-corrected chi connectivity index (χ0v) is 16.5. The Bertz CT molecular complexity index is 1230. The number of Topliss-reactive ketones (excluding diaryl/α,β-unsaturated/α-hetero) is 1. The van der Waals surface area contributed by atoms with Crippen molar-refractivity contribution in [2.45, 2.75) is 11.8 Å². The van der Waals surface area contributed by atoms with Crippen LogP contribution in [0.25, 0.3) is 0 Å². The highest BCUT2D eigenvalue weighted by molar-refractivity contribution is 7.92. The molecule has 0 radical (unpaired) electrons. The molecule has 2 N–H and O–H groups in total. The molecule has 0 aromatic heterocycles. The maximum absolute atomic E-state index is 13.3. The Kier molecular flexibility index (Phi) is 5.93. The Balaban J connectivity index is 1.72. The highest BCUT2D eigenvalue weighted by atomic mass is 32.2. The minimum Gasteiger partial charge on any atom is -0.322 e. The fourth-order valence-electron chi connectivity index (χ4n) is 2.57. The van der Waals surface area contributed by atoms with Gasteiger partial charge in [0.15, 0.2) is 17.4 Å². The first-order valence-electron chi connectivity index (χ1n) is 8.66.